The van der Waals surface area contributed by atoms with Crippen LogP contribution in [0.5, 0.6) is 5.75 Å². The molecule has 0 spiro atoms. The summed E-state index contributed by atoms with van der Waals surface area (Å²) in [5, 5.41) is 8.86. The number of ether oxygens (including phenoxy) is 1. The Morgan fingerprint density at radius 1 is 1.41 bits per heavy atom. The first-order valence-electron chi connectivity index (χ1n) is 4.75. The van der Waals surface area contributed by atoms with Crippen LogP contribution >= 0.6 is 0 Å². The maximum absolute atomic E-state index is 13.1. The molecule has 0 fully saturated rings. The molecule has 17 heavy (non-hydrogen) atoms. The van der Waals surface area contributed by atoms with Gasteiger partial charge in [0.1, 0.15) is 16.5 Å². The lowest BCUT2D eigenvalue weighted by atomic mass is 10.2. The van der Waals surface area contributed by atoms with Gasteiger partial charge in [-0.2, -0.15) is 5.26 Å². The first-order valence-corrected chi connectivity index (χ1v) is 6.24. The number of hydrogen-bond donors (Lipinski definition) is 0. The monoisotopic (exact) mass is 257 g/mol. The van der Waals surface area contributed by atoms with Crippen LogP contribution in [0.15, 0.2) is 23.1 Å². The van der Waals surface area contributed by atoms with Gasteiger partial charge in [-0.05, 0) is 32.0 Å². The van der Waals surface area contributed by atoms with Crippen molar-refractivity contribution in [3.05, 3.63) is 24.0 Å². The van der Waals surface area contributed by atoms with Gasteiger partial charge in [0.2, 0.25) is 9.84 Å². The molecular formula is C11H12FNO3S. The van der Waals surface area contributed by atoms with E-state index in [9.17, 15) is 12.8 Å². The molecule has 0 saturated heterocycles. The number of hydrogen-bond acceptors (Lipinski definition) is 4. The van der Waals surface area contributed by atoms with Gasteiger partial charge in [-0.15, -0.1) is 0 Å². The molecule has 0 aromatic heterocycles. The van der Waals surface area contributed by atoms with E-state index in [-0.39, 0.29) is 10.6 Å². The van der Waals surface area contributed by atoms with E-state index >= 15 is 0 Å². The topological polar surface area (TPSA) is 67.2 Å². The Kier molecular flexibility index (Phi) is 3.43. The average molecular weight is 257 g/mol. The normalized spacial score (nSPS) is 11.9. The van der Waals surface area contributed by atoms with Crippen LogP contribution in [0.4, 0.5) is 4.39 Å². The molecule has 6 heteroatoms. The third-order valence-corrected chi connectivity index (χ3v) is 4.69. The zero-order valence-electron chi connectivity index (χ0n) is 9.69. The molecule has 1 aromatic rings. The highest BCUT2D eigenvalue weighted by molar-refractivity contribution is 7.93. The first-order chi connectivity index (χ1) is 7.76. The van der Waals surface area contributed by atoms with Crippen molar-refractivity contribution >= 4 is 9.84 Å². The minimum Gasteiger partial charge on any atom is -0.495 e. The highest BCUT2D eigenvalue weighted by atomic mass is 32.2. The lowest BCUT2D eigenvalue weighted by molar-refractivity contribution is 0.400. The highest BCUT2D eigenvalue weighted by Gasteiger charge is 2.38. The first kappa shape index (κ1) is 13.5. The van der Waals surface area contributed by atoms with Crippen molar-refractivity contribution in [1.29, 1.82) is 5.26 Å². The quantitative estimate of drug-likeness (QED) is 0.829. The van der Waals surface area contributed by atoms with Gasteiger partial charge in [0.25, 0.3) is 0 Å². The minimum absolute atomic E-state index is 0.0229. The van der Waals surface area contributed by atoms with Gasteiger partial charge >= 0.3 is 0 Å². The molecule has 0 heterocycles. The predicted molar refractivity (Wildman–Crippen MR) is 59.8 cm³/mol. The lowest BCUT2D eigenvalue weighted by Crippen LogP contribution is -2.30. The molecule has 0 aliphatic carbocycles. The third kappa shape index (κ3) is 2.24. The second-order valence-electron chi connectivity index (χ2n) is 3.92. The smallest absolute Gasteiger partial charge is 0.200 e. The second kappa shape index (κ2) is 4.34. The van der Waals surface area contributed by atoms with E-state index in [1.54, 1.807) is 6.07 Å². The Bertz CT molecular complexity index is 573. The van der Waals surface area contributed by atoms with Gasteiger partial charge in [-0.25, -0.2) is 12.8 Å². The third-order valence-electron chi connectivity index (χ3n) is 2.36. The summed E-state index contributed by atoms with van der Waals surface area (Å²) in [5.74, 6) is -0.673. The molecule has 0 N–H and O–H groups in total. The van der Waals surface area contributed by atoms with E-state index in [2.05, 4.69) is 0 Å². The van der Waals surface area contributed by atoms with Crippen LogP contribution in [-0.4, -0.2) is 20.3 Å². The molecule has 92 valence electrons. The van der Waals surface area contributed by atoms with Crippen molar-refractivity contribution in [3.8, 4) is 11.8 Å². The summed E-state index contributed by atoms with van der Waals surface area (Å²) in [6.07, 6.45) is 0. The molecule has 0 bridgehead atoms. The fourth-order valence-corrected chi connectivity index (χ4v) is 2.55. The van der Waals surface area contributed by atoms with Gasteiger partial charge in [-0.1, -0.05) is 0 Å². The van der Waals surface area contributed by atoms with Gasteiger partial charge in [0.15, 0.2) is 4.75 Å². The molecule has 0 radical (unpaired) electrons. The highest BCUT2D eigenvalue weighted by Crippen LogP contribution is 2.32. The number of sulfone groups is 1. The van der Waals surface area contributed by atoms with Crippen LogP contribution in [0.3, 0.4) is 0 Å². The van der Waals surface area contributed by atoms with Crippen molar-refractivity contribution in [1.82, 2.24) is 0 Å². The van der Waals surface area contributed by atoms with E-state index in [0.717, 1.165) is 12.1 Å². The summed E-state index contributed by atoms with van der Waals surface area (Å²) >= 11 is 0. The molecule has 0 atom stereocenters. The van der Waals surface area contributed by atoms with Crippen LogP contribution in [0.1, 0.15) is 13.8 Å². The number of nitrogens with zero attached hydrogens (tertiary/aromatic N) is 1. The summed E-state index contributed by atoms with van der Waals surface area (Å²) in [5.41, 5.74) is 0. The Hall–Kier alpha value is -1.61. The number of methoxy groups -OCH3 is 1. The number of halogens is 1. The van der Waals surface area contributed by atoms with E-state index in [0.29, 0.717) is 0 Å². The Labute approximate surface area is 99.6 Å². The zero-order valence-corrected chi connectivity index (χ0v) is 10.5. The maximum atomic E-state index is 13.1. The fraction of sp³-hybridized carbons (Fsp3) is 0.364. The molecule has 0 aliphatic heterocycles. The van der Waals surface area contributed by atoms with Crippen LogP contribution < -0.4 is 4.74 Å². The van der Waals surface area contributed by atoms with E-state index in [4.69, 9.17) is 10.00 Å². The van der Waals surface area contributed by atoms with Gasteiger partial charge in [-0.3, -0.25) is 0 Å². The van der Waals surface area contributed by atoms with Gasteiger partial charge < -0.3 is 4.74 Å². The standard InChI is InChI=1S/C11H12FNO3S/c1-11(2,7-13)17(14,15)10-6-8(12)4-5-9(10)16-3/h4-6H,1-3H3. The molecular weight excluding hydrogens is 245 g/mol. The summed E-state index contributed by atoms with van der Waals surface area (Å²) in [7, 11) is -2.70. The maximum Gasteiger partial charge on any atom is 0.200 e. The van der Waals surface area contributed by atoms with Crippen molar-refractivity contribution in [2.75, 3.05) is 7.11 Å². The van der Waals surface area contributed by atoms with E-state index in [1.165, 1.54) is 27.0 Å². The van der Waals surface area contributed by atoms with E-state index in [1.807, 2.05) is 0 Å². The predicted octanol–water partition coefficient (Wildman–Crippen LogP) is 1.91. The molecule has 1 aromatic carbocycles. The number of benzene rings is 1. The molecule has 4 nitrogen and oxygen atoms in total. The molecule has 0 aliphatic rings. The second-order valence-corrected chi connectivity index (χ2v) is 6.39. The lowest BCUT2D eigenvalue weighted by Gasteiger charge is -2.18. The van der Waals surface area contributed by atoms with Crippen LogP contribution in [-0.2, 0) is 9.84 Å². The van der Waals surface area contributed by atoms with Crippen LogP contribution in [0.2, 0.25) is 0 Å². The zero-order chi connectivity index (χ0) is 13.3. The Balaban J connectivity index is 3.55. The number of nitriles is 1. The largest absolute Gasteiger partial charge is 0.495 e. The Morgan fingerprint density at radius 3 is 2.47 bits per heavy atom. The van der Waals surface area contributed by atoms with Gasteiger partial charge in [0, 0.05) is 0 Å². The van der Waals surface area contributed by atoms with Gasteiger partial charge in [0.05, 0.1) is 13.2 Å². The summed E-state index contributed by atoms with van der Waals surface area (Å²) < 4.78 is 40.6. The summed E-state index contributed by atoms with van der Waals surface area (Å²) in [4.78, 5) is -0.313. The van der Waals surface area contributed by atoms with E-state index < -0.39 is 20.4 Å². The molecule has 0 saturated carbocycles. The number of rotatable bonds is 3. The van der Waals surface area contributed by atoms with Crippen molar-refractivity contribution in [2.45, 2.75) is 23.5 Å². The Morgan fingerprint density at radius 2 is 2.00 bits per heavy atom. The fourth-order valence-electron chi connectivity index (χ4n) is 1.20. The minimum atomic E-state index is -3.98. The van der Waals surface area contributed by atoms with Crippen molar-refractivity contribution in [2.24, 2.45) is 0 Å². The SMILES string of the molecule is COc1ccc(F)cc1S(=O)(=O)C(C)(C)C#N. The molecule has 0 unspecified atom stereocenters. The molecule has 0 amide bonds. The van der Waals surface area contributed by atoms with Crippen LogP contribution in [0.25, 0.3) is 0 Å². The summed E-state index contributed by atoms with van der Waals surface area (Å²) in [6.45, 7) is 2.51. The summed E-state index contributed by atoms with van der Waals surface area (Å²) in [6, 6.07) is 4.85. The van der Waals surface area contributed by atoms with Crippen molar-refractivity contribution < 1.29 is 17.5 Å². The van der Waals surface area contributed by atoms with Crippen molar-refractivity contribution in [3.63, 3.8) is 0 Å². The van der Waals surface area contributed by atoms with Crippen LogP contribution in [0, 0.1) is 17.1 Å². The average Bonchev–Trinajstić information content (AvgIpc) is 2.28. The molecule has 1 rings (SSSR count).